The highest BCUT2D eigenvalue weighted by Crippen LogP contribution is 1.93. The lowest BCUT2D eigenvalue weighted by Crippen LogP contribution is -2.24. The van der Waals surface area contributed by atoms with Crippen LogP contribution >= 0.6 is 0 Å². The van der Waals surface area contributed by atoms with Crippen LogP contribution in [0, 0.1) is 0 Å². The van der Waals surface area contributed by atoms with E-state index in [1.165, 1.54) is 0 Å². The highest BCUT2D eigenvalue weighted by atomic mass is 16.6. The molecular formula is C5H9O4. The minimum atomic E-state index is -1.94. The molecule has 0 aliphatic carbocycles. The van der Waals surface area contributed by atoms with Crippen LogP contribution in [-0.4, -0.2) is 23.5 Å². The normalized spacial score (nSPS) is 13.8. The van der Waals surface area contributed by atoms with Crippen molar-refractivity contribution < 1.29 is 19.7 Å². The molecule has 0 aromatic rings. The van der Waals surface area contributed by atoms with Crippen molar-refractivity contribution in [2.45, 2.75) is 26.2 Å². The molecule has 0 saturated carbocycles. The third kappa shape index (κ3) is 3.93. The molecule has 1 atom stereocenters. The van der Waals surface area contributed by atoms with Gasteiger partial charge in [0, 0.05) is 0 Å². The Morgan fingerprint density at radius 2 is 2.00 bits per heavy atom. The van der Waals surface area contributed by atoms with Gasteiger partial charge in [0.1, 0.15) is 0 Å². The first-order valence-electron chi connectivity index (χ1n) is 2.58. The summed E-state index contributed by atoms with van der Waals surface area (Å²) in [6.07, 6.45) is -2.27. The average Bonchev–Trinajstić information content (AvgIpc) is 1.63. The van der Waals surface area contributed by atoms with E-state index in [0.29, 0.717) is 0 Å². The maximum absolute atomic E-state index is 10.2. The molecule has 0 spiro atoms. The van der Waals surface area contributed by atoms with Crippen LogP contribution in [-0.2, 0) is 14.6 Å². The first kappa shape index (κ1) is 8.39. The Hall–Kier alpha value is -0.610. The molecule has 0 amide bonds. The Kier molecular flexibility index (Phi) is 3.19. The first-order valence-corrected chi connectivity index (χ1v) is 2.58. The van der Waals surface area contributed by atoms with Crippen molar-refractivity contribution in [3.8, 4) is 0 Å². The maximum Gasteiger partial charge on any atom is 0.364 e. The number of hydrogen-bond donors (Lipinski definition) is 1. The van der Waals surface area contributed by atoms with Gasteiger partial charge < -0.3 is 9.84 Å². The molecule has 0 aromatic heterocycles. The predicted molar refractivity (Wildman–Crippen MR) is 28.3 cm³/mol. The van der Waals surface area contributed by atoms with Crippen molar-refractivity contribution in [3.05, 3.63) is 0 Å². The van der Waals surface area contributed by atoms with E-state index >= 15 is 0 Å². The molecule has 1 N–H and O–H groups in total. The number of carbonyl (C=O) groups is 1. The number of hydrogen-bond acceptors (Lipinski definition) is 2. The van der Waals surface area contributed by atoms with E-state index in [-0.39, 0.29) is 6.10 Å². The SMILES string of the molecule is CC(C)OC([O])C(=O)O. The first-order chi connectivity index (χ1) is 4.04. The number of rotatable bonds is 3. The van der Waals surface area contributed by atoms with Crippen LogP contribution in [0.3, 0.4) is 0 Å². The molecule has 4 heteroatoms. The van der Waals surface area contributed by atoms with E-state index in [4.69, 9.17) is 5.11 Å². The van der Waals surface area contributed by atoms with Crippen LogP contribution in [0.25, 0.3) is 0 Å². The van der Waals surface area contributed by atoms with Gasteiger partial charge in [0.15, 0.2) is 0 Å². The van der Waals surface area contributed by atoms with Crippen molar-refractivity contribution in [2.75, 3.05) is 0 Å². The van der Waals surface area contributed by atoms with Crippen LogP contribution in [0.1, 0.15) is 13.8 Å². The zero-order valence-electron chi connectivity index (χ0n) is 5.33. The van der Waals surface area contributed by atoms with Gasteiger partial charge in [-0.25, -0.2) is 4.79 Å². The summed E-state index contributed by atoms with van der Waals surface area (Å²) in [5.41, 5.74) is 0. The van der Waals surface area contributed by atoms with Crippen molar-refractivity contribution in [2.24, 2.45) is 0 Å². The molecule has 1 unspecified atom stereocenters. The van der Waals surface area contributed by atoms with E-state index in [1.54, 1.807) is 13.8 Å². The molecule has 0 heterocycles. The topological polar surface area (TPSA) is 66.4 Å². The Morgan fingerprint density at radius 3 is 2.11 bits per heavy atom. The molecule has 0 aliphatic heterocycles. The third-order valence-corrected chi connectivity index (χ3v) is 0.597. The van der Waals surface area contributed by atoms with Crippen LogP contribution < -0.4 is 0 Å². The van der Waals surface area contributed by atoms with E-state index in [2.05, 4.69) is 4.74 Å². The van der Waals surface area contributed by atoms with Gasteiger partial charge in [0.2, 0.25) is 0 Å². The summed E-state index contributed by atoms with van der Waals surface area (Å²) in [7, 11) is 0. The zero-order chi connectivity index (χ0) is 7.44. The van der Waals surface area contributed by atoms with Gasteiger partial charge in [-0.15, -0.1) is 0 Å². The lowest BCUT2D eigenvalue weighted by Gasteiger charge is -2.07. The second-order valence-corrected chi connectivity index (χ2v) is 1.86. The fraction of sp³-hybridized carbons (Fsp3) is 0.800. The number of carboxylic acid groups (broad SMARTS) is 1. The van der Waals surface area contributed by atoms with Crippen LogP contribution in [0.15, 0.2) is 0 Å². The molecule has 0 fully saturated rings. The molecule has 0 saturated heterocycles. The highest BCUT2D eigenvalue weighted by Gasteiger charge is 2.16. The fourth-order valence-corrected chi connectivity index (χ4v) is 0.305. The maximum atomic E-state index is 10.2. The largest absolute Gasteiger partial charge is 0.477 e. The summed E-state index contributed by atoms with van der Waals surface area (Å²) in [6, 6.07) is 0. The van der Waals surface area contributed by atoms with Gasteiger partial charge in [0.25, 0.3) is 6.29 Å². The summed E-state index contributed by atoms with van der Waals surface area (Å²) in [5.74, 6) is -1.47. The van der Waals surface area contributed by atoms with Crippen molar-refractivity contribution in [3.63, 3.8) is 0 Å². The fourth-order valence-electron chi connectivity index (χ4n) is 0.305. The van der Waals surface area contributed by atoms with E-state index in [1.807, 2.05) is 0 Å². The molecular weight excluding hydrogens is 124 g/mol. The predicted octanol–water partition coefficient (Wildman–Crippen LogP) is 0.253. The monoisotopic (exact) mass is 133 g/mol. The quantitative estimate of drug-likeness (QED) is 0.561. The third-order valence-electron chi connectivity index (χ3n) is 0.597. The van der Waals surface area contributed by atoms with Gasteiger partial charge in [-0.1, -0.05) is 0 Å². The Balaban J connectivity index is 3.50. The van der Waals surface area contributed by atoms with Crippen molar-refractivity contribution in [1.29, 1.82) is 0 Å². The minimum Gasteiger partial charge on any atom is -0.477 e. The summed E-state index contributed by atoms with van der Waals surface area (Å²) in [6.45, 7) is 3.21. The second kappa shape index (κ2) is 3.42. The van der Waals surface area contributed by atoms with Crippen LogP contribution in [0.2, 0.25) is 0 Å². The summed E-state index contributed by atoms with van der Waals surface area (Å²) >= 11 is 0. The Labute approximate surface area is 53.1 Å². The van der Waals surface area contributed by atoms with E-state index < -0.39 is 12.3 Å². The van der Waals surface area contributed by atoms with Crippen molar-refractivity contribution in [1.82, 2.24) is 0 Å². The molecule has 1 radical (unpaired) electrons. The summed E-state index contributed by atoms with van der Waals surface area (Å²) < 4.78 is 4.36. The highest BCUT2D eigenvalue weighted by molar-refractivity contribution is 5.70. The lowest BCUT2D eigenvalue weighted by atomic mass is 10.5. The second-order valence-electron chi connectivity index (χ2n) is 1.86. The van der Waals surface area contributed by atoms with Gasteiger partial charge >= 0.3 is 5.97 Å². The lowest BCUT2D eigenvalue weighted by molar-refractivity contribution is -0.198. The van der Waals surface area contributed by atoms with Gasteiger partial charge in [0.05, 0.1) is 6.10 Å². The number of ether oxygens (including phenoxy) is 1. The number of carboxylic acids is 1. The molecule has 0 bridgehead atoms. The minimum absolute atomic E-state index is 0.330. The molecule has 0 aromatic carbocycles. The smallest absolute Gasteiger partial charge is 0.364 e. The zero-order valence-corrected chi connectivity index (χ0v) is 5.33. The average molecular weight is 133 g/mol. The molecule has 0 rings (SSSR count). The van der Waals surface area contributed by atoms with E-state index in [0.717, 1.165) is 0 Å². The van der Waals surface area contributed by atoms with Gasteiger partial charge in [-0.2, -0.15) is 5.11 Å². The summed E-state index contributed by atoms with van der Waals surface area (Å²) in [5, 5.41) is 18.2. The summed E-state index contributed by atoms with van der Waals surface area (Å²) in [4.78, 5) is 9.80. The van der Waals surface area contributed by atoms with Crippen LogP contribution in [0.5, 0.6) is 0 Å². The molecule has 4 nitrogen and oxygen atoms in total. The Bertz CT molecular complexity index is 99.1. The van der Waals surface area contributed by atoms with Gasteiger partial charge in [-0.3, -0.25) is 0 Å². The molecule has 9 heavy (non-hydrogen) atoms. The molecule has 53 valence electrons. The van der Waals surface area contributed by atoms with Crippen molar-refractivity contribution >= 4 is 5.97 Å². The van der Waals surface area contributed by atoms with Gasteiger partial charge in [-0.05, 0) is 13.8 Å². The van der Waals surface area contributed by atoms with Crippen LogP contribution in [0.4, 0.5) is 0 Å². The van der Waals surface area contributed by atoms with E-state index in [9.17, 15) is 9.90 Å². The number of aliphatic carboxylic acids is 1. The standard InChI is InChI=1S/C5H9O4/c1-3(2)9-5(8)4(6)7/h3,5H,1-2H3,(H,6,7). The molecule has 0 aliphatic rings. The Morgan fingerprint density at radius 1 is 1.56 bits per heavy atom.